The van der Waals surface area contributed by atoms with Gasteiger partial charge in [0.25, 0.3) is 0 Å². The molecular formula is C44H86O2. The molecule has 0 heterocycles. The molecule has 4 aliphatic carbocycles. The largest absolute Gasteiger partial charge is 0.353 e. The van der Waals surface area contributed by atoms with Crippen LogP contribution in [0.2, 0.25) is 0 Å². The van der Waals surface area contributed by atoms with Gasteiger partial charge in [-0.25, -0.2) is 0 Å². The molecule has 0 aliphatic heterocycles. The molecule has 0 aromatic heterocycles. The van der Waals surface area contributed by atoms with Gasteiger partial charge in [-0.1, -0.05) is 213 Å². The van der Waals surface area contributed by atoms with Gasteiger partial charge in [0.1, 0.15) is 0 Å². The van der Waals surface area contributed by atoms with Crippen molar-refractivity contribution >= 4 is 0 Å². The van der Waals surface area contributed by atoms with Gasteiger partial charge in [0.15, 0.2) is 6.29 Å². The van der Waals surface area contributed by atoms with Gasteiger partial charge in [-0.15, -0.1) is 0 Å². The van der Waals surface area contributed by atoms with Crippen molar-refractivity contribution in [1.82, 2.24) is 0 Å². The van der Waals surface area contributed by atoms with Crippen LogP contribution in [0.3, 0.4) is 0 Å². The maximum absolute atomic E-state index is 5.72. The van der Waals surface area contributed by atoms with Gasteiger partial charge in [-0.2, -0.15) is 0 Å². The molecule has 0 atom stereocenters. The van der Waals surface area contributed by atoms with Gasteiger partial charge in [0.05, 0.1) is 0 Å². The fraction of sp³-hybridized carbons (Fsp3) is 1.00. The first-order valence-electron chi connectivity index (χ1n) is 22.0. The molecule has 4 fully saturated rings. The van der Waals surface area contributed by atoms with E-state index < -0.39 is 0 Å². The highest BCUT2D eigenvalue weighted by atomic mass is 16.7. The Kier molecular flexibility index (Phi) is 28.3. The molecule has 0 unspecified atom stereocenters. The summed E-state index contributed by atoms with van der Waals surface area (Å²) in [5.41, 5.74) is 0. The lowest BCUT2D eigenvalue weighted by Gasteiger charge is -2.24. The van der Waals surface area contributed by atoms with E-state index in [1.807, 2.05) is 0 Å². The summed E-state index contributed by atoms with van der Waals surface area (Å²) in [4.78, 5) is 0. The Morgan fingerprint density at radius 1 is 0.348 bits per heavy atom. The predicted octanol–water partition coefficient (Wildman–Crippen LogP) is 15.2. The number of ether oxygens (including phenoxy) is 2. The number of unbranched alkanes of at least 4 members (excludes halogenated alkanes) is 6. The first-order valence-corrected chi connectivity index (χ1v) is 22.0. The second-order valence-electron chi connectivity index (χ2n) is 16.1. The molecule has 0 spiro atoms. The molecule has 2 nitrogen and oxygen atoms in total. The summed E-state index contributed by atoms with van der Waals surface area (Å²) in [5.74, 6) is 4.48. The van der Waals surface area contributed by atoms with E-state index in [4.69, 9.17) is 9.47 Å². The zero-order valence-electron chi connectivity index (χ0n) is 32.2. The van der Waals surface area contributed by atoms with Crippen LogP contribution in [-0.4, -0.2) is 19.5 Å². The van der Waals surface area contributed by atoms with Crippen molar-refractivity contribution in [2.24, 2.45) is 23.7 Å². The van der Waals surface area contributed by atoms with Crippen molar-refractivity contribution in [2.75, 3.05) is 13.2 Å². The van der Waals surface area contributed by atoms with E-state index >= 15 is 0 Å². The Morgan fingerprint density at radius 3 is 0.913 bits per heavy atom. The monoisotopic (exact) mass is 647 g/mol. The molecule has 4 aliphatic rings. The standard InChI is InChI=1S/C16H34O2.2C14H26/c1-4-7-8-9-10-11-12-13-16(17-14-5-2)18-15-6-3;2*1-2-6-10-13(9-5-1)14-11-7-3-4-8-12-14/h16H,4-15H2,1-3H3;2*13-14H,1-12H2. The molecule has 0 aromatic rings. The minimum absolute atomic E-state index is 0.0422. The molecule has 0 bridgehead atoms. The van der Waals surface area contributed by atoms with Crippen LogP contribution < -0.4 is 0 Å². The normalized spacial score (nSPS) is 21.7. The highest BCUT2D eigenvalue weighted by Gasteiger charge is 2.24. The van der Waals surface area contributed by atoms with Gasteiger partial charge in [0.2, 0.25) is 0 Å². The third-order valence-electron chi connectivity index (χ3n) is 12.0. The van der Waals surface area contributed by atoms with Crippen molar-refractivity contribution < 1.29 is 9.47 Å². The van der Waals surface area contributed by atoms with E-state index in [0.717, 1.165) is 56.1 Å². The Labute approximate surface area is 291 Å². The minimum atomic E-state index is 0.0422. The van der Waals surface area contributed by atoms with Gasteiger partial charge in [0, 0.05) is 13.2 Å². The molecule has 0 amide bonds. The first kappa shape index (κ1) is 42.1. The van der Waals surface area contributed by atoms with Crippen molar-refractivity contribution in [3.05, 3.63) is 0 Å². The molecule has 4 rings (SSSR count). The number of rotatable bonds is 16. The van der Waals surface area contributed by atoms with Crippen molar-refractivity contribution in [3.8, 4) is 0 Å². The van der Waals surface area contributed by atoms with Crippen LogP contribution in [0, 0.1) is 23.7 Å². The average molecular weight is 647 g/mol. The van der Waals surface area contributed by atoms with Crippen LogP contribution in [0.25, 0.3) is 0 Å². The lowest BCUT2D eigenvalue weighted by Crippen LogP contribution is -2.18. The van der Waals surface area contributed by atoms with Crippen molar-refractivity contribution in [1.29, 1.82) is 0 Å². The zero-order chi connectivity index (χ0) is 32.8. The molecule has 0 saturated heterocycles. The number of hydrogen-bond donors (Lipinski definition) is 0. The van der Waals surface area contributed by atoms with Crippen LogP contribution in [0.15, 0.2) is 0 Å². The second-order valence-corrected chi connectivity index (χ2v) is 16.1. The summed E-state index contributed by atoms with van der Waals surface area (Å²) in [6, 6.07) is 0. The van der Waals surface area contributed by atoms with Gasteiger partial charge < -0.3 is 9.47 Å². The highest BCUT2D eigenvalue weighted by Crippen LogP contribution is 2.37. The van der Waals surface area contributed by atoms with Crippen LogP contribution in [-0.2, 0) is 9.47 Å². The molecule has 46 heavy (non-hydrogen) atoms. The Bertz CT molecular complexity index is 507. The third-order valence-corrected chi connectivity index (χ3v) is 12.0. The lowest BCUT2D eigenvalue weighted by atomic mass is 9.81. The summed E-state index contributed by atoms with van der Waals surface area (Å²) in [7, 11) is 0. The van der Waals surface area contributed by atoms with Gasteiger partial charge in [-0.3, -0.25) is 0 Å². The topological polar surface area (TPSA) is 18.5 Å². The van der Waals surface area contributed by atoms with Crippen molar-refractivity contribution in [2.45, 2.75) is 245 Å². The smallest absolute Gasteiger partial charge is 0.157 e. The van der Waals surface area contributed by atoms with Crippen LogP contribution in [0.1, 0.15) is 239 Å². The minimum Gasteiger partial charge on any atom is -0.353 e. The fourth-order valence-electron chi connectivity index (χ4n) is 9.11. The number of hydrogen-bond acceptors (Lipinski definition) is 2. The third kappa shape index (κ3) is 21.8. The van der Waals surface area contributed by atoms with Crippen LogP contribution in [0.4, 0.5) is 0 Å². The maximum atomic E-state index is 5.72. The van der Waals surface area contributed by atoms with Gasteiger partial charge >= 0.3 is 0 Å². The highest BCUT2D eigenvalue weighted by molar-refractivity contribution is 4.76. The quantitative estimate of drug-likeness (QED) is 0.0943. The maximum Gasteiger partial charge on any atom is 0.157 e. The molecule has 0 radical (unpaired) electrons. The van der Waals surface area contributed by atoms with Crippen LogP contribution in [0.5, 0.6) is 0 Å². The van der Waals surface area contributed by atoms with E-state index in [-0.39, 0.29) is 6.29 Å². The van der Waals surface area contributed by atoms with Gasteiger partial charge in [-0.05, 0) is 49.4 Å². The summed E-state index contributed by atoms with van der Waals surface area (Å²) >= 11 is 0. The predicted molar refractivity (Wildman–Crippen MR) is 204 cm³/mol. The van der Waals surface area contributed by atoms with Crippen LogP contribution >= 0.6 is 0 Å². The Hall–Kier alpha value is -0.0800. The average Bonchev–Trinajstić information content (AvgIpc) is 3.71. The van der Waals surface area contributed by atoms with E-state index in [0.29, 0.717) is 0 Å². The van der Waals surface area contributed by atoms with E-state index in [1.165, 1.54) is 148 Å². The van der Waals surface area contributed by atoms with E-state index in [1.54, 1.807) is 51.4 Å². The summed E-state index contributed by atoms with van der Waals surface area (Å²) in [6.45, 7) is 8.20. The Balaban J connectivity index is 0.000000242. The molecule has 0 aromatic carbocycles. The van der Waals surface area contributed by atoms with E-state index in [2.05, 4.69) is 20.8 Å². The summed E-state index contributed by atoms with van der Waals surface area (Å²) in [5, 5.41) is 0. The molecular weight excluding hydrogens is 560 g/mol. The molecule has 2 heteroatoms. The zero-order valence-corrected chi connectivity index (χ0v) is 32.2. The SMILES string of the molecule is C1CCCC(C2CCCCCC2)CC1.C1CCCC(C2CCCCCC2)CC1.CCCCCCCCCC(OCCC)OCCC. The summed E-state index contributed by atoms with van der Waals surface area (Å²) < 4.78 is 11.4. The molecule has 0 N–H and O–H groups in total. The molecule has 274 valence electrons. The Morgan fingerprint density at radius 2 is 0.630 bits per heavy atom. The van der Waals surface area contributed by atoms with Crippen molar-refractivity contribution in [3.63, 3.8) is 0 Å². The lowest BCUT2D eigenvalue weighted by molar-refractivity contribution is -0.146. The van der Waals surface area contributed by atoms with E-state index in [9.17, 15) is 0 Å². The summed E-state index contributed by atoms with van der Waals surface area (Å²) in [6.07, 6.45) is 49.6. The second kappa shape index (κ2) is 30.9. The molecule has 4 saturated carbocycles. The fourth-order valence-corrected chi connectivity index (χ4v) is 9.11. The first-order chi connectivity index (χ1) is 22.8.